The summed E-state index contributed by atoms with van der Waals surface area (Å²) in [4.78, 5) is 2.29. The van der Waals surface area contributed by atoms with Gasteiger partial charge in [0.1, 0.15) is 0 Å². The highest BCUT2D eigenvalue weighted by Crippen LogP contribution is 2.36. The highest BCUT2D eigenvalue weighted by molar-refractivity contribution is 5.57. The first kappa shape index (κ1) is 11.6. The van der Waals surface area contributed by atoms with E-state index in [1.165, 1.54) is 0 Å². The summed E-state index contributed by atoms with van der Waals surface area (Å²) in [5, 5.41) is 0. The molecule has 2 aliphatic heterocycles. The monoisotopic (exact) mass is 250 g/mol. The van der Waals surface area contributed by atoms with Gasteiger partial charge >= 0.3 is 0 Å². The molecule has 98 valence electrons. The van der Waals surface area contributed by atoms with Crippen LogP contribution in [0.2, 0.25) is 0 Å². The van der Waals surface area contributed by atoms with Gasteiger partial charge in [-0.25, -0.2) is 0 Å². The molecule has 5 heteroatoms. The SMILES string of the molecule is CC1CN(c2ccc3c(c2)OCO3)CC(CN)O1. The van der Waals surface area contributed by atoms with Crippen LogP contribution in [0.1, 0.15) is 6.92 Å². The van der Waals surface area contributed by atoms with Crippen LogP contribution < -0.4 is 20.1 Å². The highest BCUT2D eigenvalue weighted by atomic mass is 16.7. The van der Waals surface area contributed by atoms with Gasteiger partial charge in [-0.3, -0.25) is 0 Å². The summed E-state index contributed by atoms with van der Waals surface area (Å²) in [6.07, 6.45) is 0.289. The lowest BCUT2D eigenvalue weighted by Crippen LogP contribution is -2.49. The molecule has 0 saturated carbocycles. The molecule has 0 aliphatic carbocycles. The van der Waals surface area contributed by atoms with Gasteiger partial charge in [-0.2, -0.15) is 0 Å². The quantitative estimate of drug-likeness (QED) is 0.847. The number of rotatable bonds is 2. The standard InChI is InChI=1S/C13H18N2O3/c1-9-6-15(7-11(5-14)18-9)10-2-3-12-13(4-10)17-8-16-12/h2-4,9,11H,5-8,14H2,1H3. The number of hydrogen-bond donors (Lipinski definition) is 1. The average Bonchev–Trinajstić information content (AvgIpc) is 2.85. The average molecular weight is 250 g/mol. The van der Waals surface area contributed by atoms with Gasteiger partial charge in [0.15, 0.2) is 11.5 Å². The summed E-state index contributed by atoms with van der Waals surface area (Å²) >= 11 is 0. The maximum absolute atomic E-state index is 5.76. The molecular weight excluding hydrogens is 232 g/mol. The molecule has 0 amide bonds. The third-order valence-corrected chi connectivity index (χ3v) is 3.31. The number of fused-ring (bicyclic) bond motifs is 1. The molecular formula is C13H18N2O3. The first-order valence-electron chi connectivity index (χ1n) is 6.26. The van der Waals surface area contributed by atoms with Crippen LogP contribution in [0.4, 0.5) is 5.69 Å². The fourth-order valence-electron chi connectivity index (χ4n) is 2.47. The third kappa shape index (κ3) is 2.11. The predicted molar refractivity (Wildman–Crippen MR) is 68.2 cm³/mol. The van der Waals surface area contributed by atoms with Crippen LogP contribution in [0.15, 0.2) is 18.2 Å². The van der Waals surface area contributed by atoms with E-state index >= 15 is 0 Å². The number of ether oxygens (including phenoxy) is 3. The van der Waals surface area contributed by atoms with Crippen molar-refractivity contribution in [1.29, 1.82) is 0 Å². The van der Waals surface area contributed by atoms with Crippen molar-refractivity contribution >= 4 is 5.69 Å². The van der Waals surface area contributed by atoms with Gasteiger partial charge in [-0.1, -0.05) is 0 Å². The summed E-state index contributed by atoms with van der Waals surface area (Å²) in [5.74, 6) is 1.63. The minimum Gasteiger partial charge on any atom is -0.454 e. The predicted octanol–water partition coefficient (Wildman–Crippen LogP) is 0.968. The minimum absolute atomic E-state index is 0.0965. The van der Waals surface area contributed by atoms with Crippen molar-refractivity contribution in [2.24, 2.45) is 5.73 Å². The Kier molecular flexibility index (Phi) is 3.01. The number of nitrogens with zero attached hydrogens (tertiary/aromatic N) is 1. The number of hydrogen-bond acceptors (Lipinski definition) is 5. The van der Waals surface area contributed by atoms with E-state index in [2.05, 4.69) is 17.9 Å². The van der Waals surface area contributed by atoms with Crippen LogP contribution >= 0.6 is 0 Å². The topological polar surface area (TPSA) is 57.0 Å². The molecule has 3 rings (SSSR count). The first-order chi connectivity index (χ1) is 8.76. The van der Waals surface area contributed by atoms with Gasteiger partial charge in [-0.05, 0) is 19.1 Å². The molecule has 0 bridgehead atoms. The molecule has 2 N–H and O–H groups in total. The lowest BCUT2D eigenvalue weighted by atomic mass is 10.1. The summed E-state index contributed by atoms with van der Waals surface area (Å²) in [6.45, 7) is 4.62. The fourth-order valence-corrected chi connectivity index (χ4v) is 2.47. The Morgan fingerprint density at radius 1 is 1.28 bits per heavy atom. The van der Waals surface area contributed by atoms with Crippen LogP contribution in [0.3, 0.4) is 0 Å². The zero-order valence-electron chi connectivity index (χ0n) is 10.5. The Morgan fingerprint density at radius 2 is 2.11 bits per heavy atom. The van der Waals surface area contributed by atoms with Crippen molar-refractivity contribution < 1.29 is 14.2 Å². The second kappa shape index (κ2) is 4.66. The molecule has 1 fully saturated rings. The zero-order chi connectivity index (χ0) is 12.5. The van der Waals surface area contributed by atoms with E-state index in [0.29, 0.717) is 13.3 Å². The Hall–Kier alpha value is -1.46. The molecule has 18 heavy (non-hydrogen) atoms. The van der Waals surface area contributed by atoms with Crippen LogP contribution in [0.25, 0.3) is 0 Å². The van der Waals surface area contributed by atoms with Gasteiger partial charge in [0.25, 0.3) is 0 Å². The maximum Gasteiger partial charge on any atom is 0.231 e. The normalized spacial score (nSPS) is 26.4. The van der Waals surface area contributed by atoms with Gasteiger partial charge < -0.3 is 24.8 Å². The van der Waals surface area contributed by atoms with Crippen molar-refractivity contribution in [3.63, 3.8) is 0 Å². The molecule has 0 radical (unpaired) electrons. The number of morpholine rings is 1. The lowest BCUT2D eigenvalue weighted by molar-refractivity contribution is -0.0104. The van der Waals surface area contributed by atoms with Crippen molar-refractivity contribution in [3.8, 4) is 11.5 Å². The molecule has 0 aromatic heterocycles. The van der Waals surface area contributed by atoms with Crippen molar-refractivity contribution in [1.82, 2.24) is 0 Å². The summed E-state index contributed by atoms with van der Waals surface area (Å²) < 4.78 is 16.5. The second-order valence-electron chi connectivity index (χ2n) is 4.75. The van der Waals surface area contributed by atoms with Crippen LogP contribution in [-0.2, 0) is 4.74 Å². The molecule has 2 aliphatic rings. The van der Waals surface area contributed by atoms with E-state index in [-0.39, 0.29) is 12.2 Å². The molecule has 2 heterocycles. The largest absolute Gasteiger partial charge is 0.454 e. The second-order valence-corrected chi connectivity index (χ2v) is 4.75. The Balaban J connectivity index is 1.81. The maximum atomic E-state index is 5.76. The summed E-state index contributed by atoms with van der Waals surface area (Å²) in [5.41, 5.74) is 6.83. The fraction of sp³-hybridized carbons (Fsp3) is 0.538. The summed E-state index contributed by atoms with van der Waals surface area (Å²) in [7, 11) is 0. The van der Waals surface area contributed by atoms with Crippen LogP contribution in [0.5, 0.6) is 11.5 Å². The first-order valence-corrected chi connectivity index (χ1v) is 6.26. The van der Waals surface area contributed by atoms with E-state index < -0.39 is 0 Å². The van der Waals surface area contributed by atoms with Crippen molar-refractivity contribution in [2.75, 3.05) is 31.3 Å². The zero-order valence-corrected chi connectivity index (χ0v) is 10.5. The smallest absolute Gasteiger partial charge is 0.231 e. The van der Waals surface area contributed by atoms with Crippen molar-refractivity contribution in [3.05, 3.63) is 18.2 Å². The van der Waals surface area contributed by atoms with E-state index in [4.69, 9.17) is 19.9 Å². The van der Waals surface area contributed by atoms with Gasteiger partial charge in [-0.15, -0.1) is 0 Å². The highest BCUT2D eigenvalue weighted by Gasteiger charge is 2.25. The molecule has 2 unspecified atom stereocenters. The van der Waals surface area contributed by atoms with Crippen LogP contribution in [0, 0.1) is 0 Å². The van der Waals surface area contributed by atoms with E-state index in [1.807, 2.05) is 12.1 Å². The molecule has 5 nitrogen and oxygen atoms in total. The van der Waals surface area contributed by atoms with Gasteiger partial charge in [0.2, 0.25) is 6.79 Å². The van der Waals surface area contributed by atoms with E-state index in [1.54, 1.807) is 0 Å². The number of nitrogens with two attached hydrogens (primary N) is 1. The Bertz CT molecular complexity index is 438. The number of anilines is 1. The minimum atomic E-state index is 0.0965. The van der Waals surface area contributed by atoms with E-state index in [0.717, 1.165) is 30.3 Å². The molecule has 1 aromatic rings. The van der Waals surface area contributed by atoms with Crippen molar-refractivity contribution in [2.45, 2.75) is 19.1 Å². The van der Waals surface area contributed by atoms with E-state index in [9.17, 15) is 0 Å². The third-order valence-electron chi connectivity index (χ3n) is 3.31. The molecule has 1 saturated heterocycles. The molecule has 0 spiro atoms. The Morgan fingerprint density at radius 3 is 2.94 bits per heavy atom. The summed E-state index contributed by atoms with van der Waals surface area (Å²) in [6, 6.07) is 6.03. The Labute approximate surface area is 106 Å². The number of benzene rings is 1. The molecule has 1 aromatic carbocycles. The van der Waals surface area contributed by atoms with Gasteiger partial charge in [0.05, 0.1) is 12.2 Å². The van der Waals surface area contributed by atoms with Crippen LogP contribution in [-0.4, -0.2) is 38.6 Å². The lowest BCUT2D eigenvalue weighted by Gasteiger charge is -2.37. The van der Waals surface area contributed by atoms with Gasteiger partial charge in [0, 0.05) is 31.4 Å². The molecule has 2 atom stereocenters.